The van der Waals surface area contributed by atoms with Crippen LogP contribution in [-0.2, 0) is 9.53 Å². The van der Waals surface area contributed by atoms with Crippen molar-refractivity contribution < 1.29 is 19.1 Å². The van der Waals surface area contributed by atoms with Crippen molar-refractivity contribution >= 4 is 29.3 Å². The maximum atomic E-state index is 12.9. The highest BCUT2D eigenvalue weighted by Crippen LogP contribution is 2.30. The second kappa shape index (κ2) is 11.7. The lowest BCUT2D eigenvalue weighted by molar-refractivity contribution is -0.135. The van der Waals surface area contributed by atoms with Crippen molar-refractivity contribution in [3.8, 4) is 0 Å². The number of ether oxygens (including phenoxy) is 1. The highest BCUT2D eigenvalue weighted by atomic mass is 16.5. The fourth-order valence-electron chi connectivity index (χ4n) is 5.56. The molecular formula is C26H39N5O4. The molecule has 0 bridgehead atoms. The summed E-state index contributed by atoms with van der Waals surface area (Å²) in [7, 11) is 1.32. The number of nitrogens with one attached hydrogen (secondary N) is 2. The minimum Gasteiger partial charge on any atom is -0.453 e. The van der Waals surface area contributed by atoms with Gasteiger partial charge in [0.05, 0.1) is 18.5 Å². The van der Waals surface area contributed by atoms with E-state index in [1.165, 1.54) is 7.11 Å². The molecular weight excluding hydrogens is 446 g/mol. The van der Waals surface area contributed by atoms with E-state index in [1.54, 1.807) is 12.1 Å². The third-order valence-electron chi connectivity index (χ3n) is 7.64. The van der Waals surface area contributed by atoms with Gasteiger partial charge >= 0.3 is 6.09 Å². The Morgan fingerprint density at radius 2 is 1.69 bits per heavy atom. The van der Waals surface area contributed by atoms with Crippen LogP contribution < -0.4 is 21.3 Å². The van der Waals surface area contributed by atoms with E-state index in [4.69, 9.17) is 10.5 Å². The van der Waals surface area contributed by atoms with Crippen molar-refractivity contribution in [3.05, 3.63) is 23.8 Å². The van der Waals surface area contributed by atoms with Gasteiger partial charge in [0, 0.05) is 49.7 Å². The standard InChI is InChI=1S/C26H39N5O4/c1-35-26(34)29-22-17-19(24(32)28-21-10-8-20(27)9-11-21)7-12-23(22)30-13-4-14-31(16-15-30)25(33)18-5-2-3-6-18/h7,12,17-18,20-21H,2-6,8-11,13-16,27H2,1H3,(H,28,32)(H,29,34). The third kappa shape index (κ3) is 6.45. The fraction of sp³-hybridized carbons (Fsp3) is 0.654. The molecule has 0 atom stereocenters. The molecule has 1 saturated heterocycles. The van der Waals surface area contributed by atoms with Crippen LogP contribution in [0.5, 0.6) is 0 Å². The number of benzene rings is 1. The second-order valence-electron chi connectivity index (χ2n) is 10.1. The highest BCUT2D eigenvalue weighted by Gasteiger charge is 2.29. The van der Waals surface area contributed by atoms with Gasteiger partial charge in [-0.15, -0.1) is 0 Å². The number of hydrogen-bond donors (Lipinski definition) is 3. The SMILES string of the molecule is COC(=O)Nc1cc(C(=O)NC2CCC(N)CC2)ccc1N1CCCN(C(=O)C2CCCC2)CC1. The lowest BCUT2D eigenvalue weighted by Crippen LogP contribution is -2.40. The second-order valence-corrected chi connectivity index (χ2v) is 10.1. The maximum Gasteiger partial charge on any atom is 0.411 e. The van der Waals surface area contributed by atoms with E-state index in [0.29, 0.717) is 24.3 Å². The molecule has 0 spiro atoms. The van der Waals surface area contributed by atoms with Gasteiger partial charge in [0.25, 0.3) is 5.91 Å². The van der Waals surface area contributed by atoms with Gasteiger partial charge in [0.15, 0.2) is 0 Å². The number of rotatable bonds is 5. The van der Waals surface area contributed by atoms with Crippen LogP contribution in [-0.4, -0.2) is 68.2 Å². The summed E-state index contributed by atoms with van der Waals surface area (Å²) >= 11 is 0. The molecule has 4 N–H and O–H groups in total. The molecule has 1 aromatic rings. The average molecular weight is 486 g/mol. The zero-order valence-corrected chi connectivity index (χ0v) is 20.8. The molecule has 0 radical (unpaired) electrons. The quantitative estimate of drug-likeness (QED) is 0.590. The number of methoxy groups -OCH3 is 1. The lowest BCUT2D eigenvalue weighted by Gasteiger charge is -2.28. The molecule has 192 valence electrons. The normalized spacial score (nSPS) is 23.5. The van der Waals surface area contributed by atoms with E-state index < -0.39 is 6.09 Å². The number of carbonyl (C=O) groups is 3. The average Bonchev–Trinajstić information content (AvgIpc) is 3.30. The zero-order valence-electron chi connectivity index (χ0n) is 20.8. The highest BCUT2D eigenvalue weighted by molar-refractivity contribution is 5.98. The summed E-state index contributed by atoms with van der Waals surface area (Å²) in [5.74, 6) is 0.304. The smallest absolute Gasteiger partial charge is 0.411 e. The summed E-state index contributed by atoms with van der Waals surface area (Å²) in [6, 6.07) is 5.73. The monoisotopic (exact) mass is 485 g/mol. The predicted octanol–water partition coefficient (Wildman–Crippen LogP) is 3.09. The molecule has 9 nitrogen and oxygen atoms in total. The summed E-state index contributed by atoms with van der Waals surface area (Å²) in [6.45, 7) is 2.83. The van der Waals surface area contributed by atoms with Crippen LogP contribution in [0.1, 0.15) is 68.1 Å². The molecule has 3 aliphatic rings. The van der Waals surface area contributed by atoms with Crippen LogP contribution in [0.25, 0.3) is 0 Å². The van der Waals surface area contributed by atoms with Crippen molar-refractivity contribution in [1.82, 2.24) is 10.2 Å². The van der Waals surface area contributed by atoms with Gasteiger partial charge in [-0.3, -0.25) is 14.9 Å². The predicted molar refractivity (Wildman–Crippen MR) is 136 cm³/mol. The molecule has 9 heteroatoms. The molecule has 35 heavy (non-hydrogen) atoms. The first-order chi connectivity index (χ1) is 16.9. The van der Waals surface area contributed by atoms with Gasteiger partial charge in [-0.1, -0.05) is 12.8 Å². The maximum absolute atomic E-state index is 12.9. The Morgan fingerprint density at radius 3 is 2.40 bits per heavy atom. The topological polar surface area (TPSA) is 117 Å². The Kier molecular flexibility index (Phi) is 8.49. The van der Waals surface area contributed by atoms with Gasteiger partial charge in [0.2, 0.25) is 5.91 Å². The molecule has 0 unspecified atom stereocenters. The van der Waals surface area contributed by atoms with Crippen LogP contribution in [0.4, 0.5) is 16.2 Å². The molecule has 2 saturated carbocycles. The Morgan fingerprint density at radius 1 is 0.943 bits per heavy atom. The van der Waals surface area contributed by atoms with Gasteiger partial charge in [-0.05, 0) is 63.1 Å². The van der Waals surface area contributed by atoms with E-state index in [-0.39, 0.29) is 29.8 Å². The first-order valence-electron chi connectivity index (χ1n) is 13.0. The number of nitrogens with two attached hydrogens (primary N) is 1. The van der Waals surface area contributed by atoms with E-state index in [1.807, 2.05) is 11.0 Å². The Balaban J connectivity index is 1.46. The summed E-state index contributed by atoms with van der Waals surface area (Å²) in [4.78, 5) is 42.1. The van der Waals surface area contributed by atoms with Crippen LogP contribution in [0.3, 0.4) is 0 Å². The lowest BCUT2D eigenvalue weighted by atomic mass is 9.91. The van der Waals surface area contributed by atoms with Crippen molar-refractivity contribution in [1.29, 1.82) is 0 Å². The first kappa shape index (κ1) is 25.3. The minimum absolute atomic E-state index is 0.119. The molecule has 1 aromatic carbocycles. The summed E-state index contributed by atoms with van der Waals surface area (Å²) < 4.78 is 4.82. The van der Waals surface area contributed by atoms with Gasteiger partial charge in [0.1, 0.15) is 0 Å². The molecule has 1 heterocycles. The van der Waals surface area contributed by atoms with E-state index in [0.717, 1.165) is 76.6 Å². The van der Waals surface area contributed by atoms with Gasteiger partial charge in [-0.25, -0.2) is 4.79 Å². The first-order valence-corrected chi connectivity index (χ1v) is 13.0. The van der Waals surface area contributed by atoms with Crippen LogP contribution >= 0.6 is 0 Å². The molecule has 4 rings (SSSR count). The van der Waals surface area contributed by atoms with Gasteiger partial charge < -0.3 is 25.6 Å². The summed E-state index contributed by atoms with van der Waals surface area (Å²) in [5, 5.41) is 5.89. The van der Waals surface area contributed by atoms with Crippen molar-refractivity contribution in [2.75, 3.05) is 43.5 Å². The van der Waals surface area contributed by atoms with Crippen LogP contribution in [0.2, 0.25) is 0 Å². The van der Waals surface area contributed by atoms with Crippen molar-refractivity contribution in [3.63, 3.8) is 0 Å². The Labute approximate surface area is 207 Å². The summed E-state index contributed by atoms with van der Waals surface area (Å²) in [6.07, 6.45) is 8.14. The van der Waals surface area contributed by atoms with Crippen LogP contribution in [0.15, 0.2) is 18.2 Å². The van der Waals surface area contributed by atoms with E-state index >= 15 is 0 Å². The molecule has 3 fully saturated rings. The minimum atomic E-state index is -0.585. The van der Waals surface area contributed by atoms with Crippen molar-refractivity contribution in [2.45, 2.75) is 69.9 Å². The molecule has 2 aliphatic carbocycles. The fourth-order valence-corrected chi connectivity index (χ4v) is 5.56. The van der Waals surface area contributed by atoms with E-state index in [2.05, 4.69) is 15.5 Å². The number of anilines is 2. The largest absolute Gasteiger partial charge is 0.453 e. The number of carbonyl (C=O) groups excluding carboxylic acids is 3. The van der Waals surface area contributed by atoms with Gasteiger partial charge in [-0.2, -0.15) is 0 Å². The van der Waals surface area contributed by atoms with Crippen molar-refractivity contribution in [2.24, 2.45) is 11.7 Å². The summed E-state index contributed by atoms with van der Waals surface area (Å²) in [5.41, 5.74) is 7.83. The molecule has 0 aromatic heterocycles. The van der Waals surface area contributed by atoms with E-state index in [9.17, 15) is 14.4 Å². The molecule has 1 aliphatic heterocycles. The molecule has 3 amide bonds. The zero-order chi connectivity index (χ0) is 24.8. The third-order valence-corrected chi connectivity index (χ3v) is 7.64. The number of amides is 3. The van der Waals surface area contributed by atoms with Crippen LogP contribution in [0, 0.1) is 5.92 Å². The number of nitrogens with zero attached hydrogens (tertiary/aromatic N) is 2. The Hall–Kier alpha value is -2.81. The number of hydrogen-bond acceptors (Lipinski definition) is 6. The Bertz CT molecular complexity index is 909.